The Morgan fingerprint density at radius 1 is 1.00 bits per heavy atom. The summed E-state index contributed by atoms with van der Waals surface area (Å²) in [6.45, 7) is 10.9. The molecule has 3 amide bonds. The van der Waals surface area contributed by atoms with Gasteiger partial charge in [0.25, 0.3) is 0 Å². The minimum absolute atomic E-state index is 0.0505. The van der Waals surface area contributed by atoms with Crippen LogP contribution in [0.1, 0.15) is 64.4 Å². The van der Waals surface area contributed by atoms with Crippen LogP contribution in [0.3, 0.4) is 0 Å². The predicted molar refractivity (Wildman–Crippen MR) is 155 cm³/mol. The van der Waals surface area contributed by atoms with Crippen molar-refractivity contribution in [3.63, 3.8) is 0 Å². The van der Waals surface area contributed by atoms with Crippen molar-refractivity contribution < 1.29 is 33.8 Å². The Hall–Kier alpha value is -3.66. The molecule has 4 N–H and O–H groups in total. The Balaban J connectivity index is 1.92. The number of aliphatic hydroxyl groups is 1. The molecule has 10 nitrogen and oxygen atoms in total. The number of aliphatic hydroxyl groups excluding tert-OH is 1. The van der Waals surface area contributed by atoms with Crippen LogP contribution in [0.2, 0.25) is 0 Å². The maximum absolute atomic E-state index is 13.2. The number of allylic oxidation sites excluding steroid dienone is 1. The number of alkyl carbamates (subject to hydrolysis) is 1. The number of hydrogen-bond donors (Lipinski definition) is 4. The molecule has 41 heavy (non-hydrogen) atoms. The van der Waals surface area contributed by atoms with E-state index in [1.54, 1.807) is 6.08 Å². The smallest absolute Gasteiger partial charge is 0.408 e. The molecule has 0 bridgehead atoms. The van der Waals surface area contributed by atoms with Crippen LogP contribution in [0.15, 0.2) is 55.6 Å². The van der Waals surface area contributed by atoms with E-state index >= 15 is 0 Å². The van der Waals surface area contributed by atoms with Gasteiger partial charge in [0.1, 0.15) is 19.3 Å². The maximum Gasteiger partial charge on any atom is 0.408 e. The Morgan fingerprint density at radius 3 is 2.24 bits per heavy atom. The van der Waals surface area contributed by atoms with Crippen LogP contribution in [0.25, 0.3) is 0 Å². The van der Waals surface area contributed by atoms with Crippen molar-refractivity contribution in [3.05, 3.63) is 61.2 Å². The van der Waals surface area contributed by atoms with Crippen molar-refractivity contribution in [2.75, 3.05) is 13.2 Å². The Morgan fingerprint density at radius 2 is 1.66 bits per heavy atom. The SMILES string of the molecule is C=CC[C@@H](CC(=O)NC1(CO)CCCC1)C(=O)N[C@H](COC(=O)[C@@H](CC=C)NC(=O)OCc1ccccc1)C(C)C. The topological polar surface area (TPSA) is 143 Å². The molecule has 0 unspecified atom stereocenters. The number of ether oxygens (including phenoxy) is 2. The molecular weight excluding hydrogens is 526 g/mol. The molecule has 0 aliphatic heterocycles. The highest BCUT2D eigenvalue weighted by atomic mass is 16.6. The first-order chi connectivity index (χ1) is 19.6. The maximum atomic E-state index is 13.2. The van der Waals surface area contributed by atoms with Crippen molar-refractivity contribution in [2.24, 2.45) is 11.8 Å². The van der Waals surface area contributed by atoms with Crippen LogP contribution >= 0.6 is 0 Å². The molecule has 1 fully saturated rings. The third-order valence-electron chi connectivity index (χ3n) is 7.25. The van der Waals surface area contributed by atoms with Gasteiger partial charge in [-0.3, -0.25) is 9.59 Å². The molecule has 0 heterocycles. The Kier molecular flexibility index (Phi) is 14.1. The Bertz CT molecular complexity index is 1020. The van der Waals surface area contributed by atoms with Crippen molar-refractivity contribution in [1.29, 1.82) is 0 Å². The Labute approximate surface area is 242 Å². The van der Waals surface area contributed by atoms with E-state index in [0.717, 1.165) is 18.4 Å². The highest BCUT2D eigenvalue weighted by Crippen LogP contribution is 2.29. The molecule has 1 aliphatic rings. The fourth-order valence-electron chi connectivity index (χ4n) is 4.69. The van der Waals surface area contributed by atoms with Crippen LogP contribution < -0.4 is 16.0 Å². The normalized spacial score (nSPS) is 16.1. The molecule has 0 radical (unpaired) electrons. The van der Waals surface area contributed by atoms with E-state index in [9.17, 15) is 24.3 Å². The lowest BCUT2D eigenvalue weighted by Gasteiger charge is -2.29. The zero-order valence-electron chi connectivity index (χ0n) is 24.2. The minimum Gasteiger partial charge on any atom is -0.462 e. The van der Waals surface area contributed by atoms with Gasteiger partial charge in [0.05, 0.1) is 24.1 Å². The average Bonchev–Trinajstić information content (AvgIpc) is 3.42. The summed E-state index contributed by atoms with van der Waals surface area (Å²) in [6.07, 6.45) is 5.95. The quantitative estimate of drug-likeness (QED) is 0.165. The lowest BCUT2D eigenvalue weighted by atomic mass is 9.95. The third-order valence-corrected chi connectivity index (χ3v) is 7.25. The molecule has 1 aliphatic carbocycles. The highest BCUT2D eigenvalue weighted by Gasteiger charge is 2.36. The lowest BCUT2D eigenvalue weighted by Crippen LogP contribution is -2.51. The van der Waals surface area contributed by atoms with Crippen molar-refractivity contribution in [3.8, 4) is 0 Å². The molecule has 1 saturated carbocycles. The summed E-state index contributed by atoms with van der Waals surface area (Å²) < 4.78 is 10.7. The minimum atomic E-state index is -1.01. The summed E-state index contributed by atoms with van der Waals surface area (Å²) in [7, 11) is 0. The summed E-state index contributed by atoms with van der Waals surface area (Å²) in [5, 5.41) is 18.2. The summed E-state index contributed by atoms with van der Waals surface area (Å²) >= 11 is 0. The first-order valence-corrected chi connectivity index (χ1v) is 14.2. The van der Waals surface area contributed by atoms with Gasteiger partial charge in [-0.05, 0) is 37.2 Å². The van der Waals surface area contributed by atoms with Crippen LogP contribution in [0, 0.1) is 11.8 Å². The number of esters is 1. The second kappa shape index (κ2) is 17.2. The molecule has 3 atom stereocenters. The number of rotatable bonds is 17. The second-order valence-corrected chi connectivity index (χ2v) is 10.9. The molecule has 1 aromatic rings. The summed E-state index contributed by atoms with van der Waals surface area (Å²) in [5.74, 6) is -2.11. The number of carbonyl (C=O) groups excluding carboxylic acids is 4. The largest absolute Gasteiger partial charge is 0.462 e. The van der Waals surface area contributed by atoms with Gasteiger partial charge in [0.2, 0.25) is 11.8 Å². The average molecular weight is 572 g/mol. The standard InChI is InChI=1S/C31H45N3O7/c1-5-12-24(18-27(36)34-31(21-35)16-10-11-17-31)28(37)32-26(22(3)4)20-40-29(38)25(13-6-2)33-30(39)41-19-23-14-8-7-9-15-23/h5-9,14-15,22,24-26,35H,1-2,10-13,16-21H2,3-4H3,(H,32,37)(H,33,39)(H,34,36)/t24-,25+,26+/m0/s1. The fourth-order valence-corrected chi connectivity index (χ4v) is 4.69. The molecule has 226 valence electrons. The van der Waals surface area contributed by atoms with E-state index in [1.165, 1.54) is 6.08 Å². The number of benzene rings is 1. The van der Waals surface area contributed by atoms with Gasteiger partial charge < -0.3 is 30.5 Å². The van der Waals surface area contributed by atoms with Crippen LogP contribution in [0.5, 0.6) is 0 Å². The molecule has 0 spiro atoms. The van der Waals surface area contributed by atoms with Gasteiger partial charge in [-0.15, -0.1) is 13.2 Å². The first-order valence-electron chi connectivity index (χ1n) is 14.2. The first kappa shape index (κ1) is 33.5. The molecule has 2 rings (SSSR count). The lowest BCUT2D eigenvalue weighted by molar-refractivity contribution is -0.148. The molecule has 1 aromatic carbocycles. The molecular formula is C31H45N3O7. The van der Waals surface area contributed by atoms with E-state index in [-0.39, 0.29) is 56.8 Å². The third kappa shape index (κ3) is 11.4. The number of nitrogens with one attached hydrogen (secondary N) is 3. The van der Waals surface area contributed by atoms with Gasteiger partial charge in [0.15, 0.2) is 0 Å². The van der Waals surface area contributed by atoms with Crippen LogP contribution in [0.4, 0.5) is 4.79 Å². The van der Waals surface area contributed by atoms with E-state index in [4.69, 9.17) is 9.47 Å². The van der Waals surface area contributed by atoms with Crippen LogP contribution in [-0.4, -0.2) is 59.8 Å². The summed E-state index contributed by atoms with van der Waals surface area (Å²) in [5.41, 5.74) is 0.185. The van der Waals surface area contributed by atoms with Gasteiger partial charge in [-0.1, -0.05) is 69.2 Å². The predicted octanol–water partition coefficient (Wildman–Crippen LogP) is 3.55. The molecule has 0 saturated heterocycles. The zero-order valence-corrected chi connectivity index (χ0v) is 24.2. The van der Waals surface area contributed by atoms with Crippen molar-refractivity contribution in [2.45, 2.75) is 83.0 Å². The summed E-state index contributed by atoms with van der Waals surface area (Å²) in [4.78, 5) is 51.1. The number of carbonyl (C=O) groups is 4. The fraction of sp³-hybridized carbons (Fsp3) is 0.548. The molecule has 10 heteroatoms. The molecule has 0 aromatic heterocycles. The van der Waals surface area contributed by atoms with E-state index in [0.29, 0.717) is 12.8 Å². The van der Waals surface area contributed by atoms with Gasteiger partial charge in [0, 0.05) is 6.42 Å². The van der Waals surface area contributed by atoms with E-state index < -0.39 is 35.6 Å². The monoisotopic (exact) mass is 571 g/mol. The highest BCUT2D eigenvalue weighted by molar-refractivity contribution is 5.86. The van der Waals surface area contributed by atoms with Crippen molar-refractivity contribution >= 4 is 23.9 Å². The van der Waals surface area contributed by atoms with Crippen molar-refractivity contribution in [1.82, 2.24) is 16.0 Å². The summed E-state index contributed by atoms with van der Waals surface area (Å²) in [6, 6.07) is 7.60. The van der Waals surface area contributed by atoms with Gasteiger partial charge >= 0.3 is 12.1 Å². The number of amides is 3. The van der Waals surface area contributed by atoms with Crippen LogP contribution in [-0.2, 0) is 30.5 Å². The van der Waals surface area contributed by atoms with E-state index in [2.05, 4.69) is 29.1 Å². The number of hydrogen-bond acceptors (Lipinski definition) is 7. The van der Waals surface area contributed by atoms with Gasteiger partial charge in [-0.25, -0.2) is 9.59 Å². The zero-order chi connectivity index (χ0) is 30.3. The second-order valence-electron chi connectivity index (χ2n) is 10.9. The van der Waals surface area contributed by atoms with E-state index in [1.807, 2.05) is 44.2 Å². The van der Waals surface area contributed by atoms with Gasteiger partial charge in [-0.2, -0.15) is 0 Å².